The number of rotatable bonds is 4. The van der Waals surface area contributed by atoms with Crippen LogP contribution >= 0.6 is 0 Å². The van der Waals surface area contributed by atoms with Crippen LogP contribution in [0.25, 0.3) is 0 Å². The molecule has 2 aliphatic rings. The smallest absolute Gasteiger partial charge is 0.228 e. The number of para-hydroxylation sites is 1. The number of hydrogen-bond acceptors (Lipinski definition) is 3. The number of amides is 1. The molecule has 2 unspecified atom stereocenters. The third-order valence-corrected chi connectivity index (χ3v) is 4.65. The average Bonchev–Trinajstić information content (AvgIpc) is 2.57. The summed E-state index contributed by atoms with van der Waals surface area (Å²) in [5.74, 6) is 0.248. The Labute approximate surface area is 132 Å². The van der Waals surface area contributed by atoms with Crippen LogP contribution in [0.15, 0.2) is 30.3 Å². The van der Waals surface area contributed by atoms with Crippen LogP contribution in [0, 0.1) is 5.92 Å². The third-order valence-electron chi connectivity index (χ3n) is 4.65. The largest absolute Gasteiger partial charge is 0.377 e. The zero-order valence-corrected chi connectivity index (χ0v) is 13.2. The van der Waals surface area contributed by atoms with Crippen LogP contribution in [0.2, 0.25) is 0 Å². The normalized spacial score (nSPS) is 26.5. The number of anilines is 1. The highest BCUT2D eigenvalue weighted by atomic mass is 16.5. The second-order valence-corrected chi connectivity index (χ2v) is 6.44. The third kappa shape index (κ3) is 4.31. The Morgan fingerprint density at radius 3 is 2.82 bits per heavy atom. The Hall–Kier alpha value is -1.39. The molecule has 2 saturated heterocycles. The summed E-state index contributed by atoms with van der Waals surface area (Å²) in [7, 11) is 0. The van der Waals surface area contributed by atoms with E-state index in [9.17, 15) is 4.79 Å². The predicted molar refractivity (Wildman–Crippen MR) is 87.8 cm³/mol. The fraction of sp³-hybridized carbons (Fsp3) is 0.611. The summed E-state index contributed by atoms with van der Waals surface area (Å²) in [6.45, 7) is 3.83. The number of nitrogens with zero attached hydrogens (tertiary/aromatic N) is 1. The van der Waals surface area contributed by atoms with Crippen molar-refractivity contribution in [3.63, 3.8) is 0 Å². The first-order valence-electron chi connectivity index (χ1n) is 8.51. The molecule has 3 rings (SSSR count). The second-order valence-electron chi connectivity index (χ2n) is 6.44. The van der Waals surface area contributed by atoms with Crippen LogP contribution in [0.3, 0.4) is 0 Å². The van der Waals surface area contributed by atoms with Gasteiger partial charge in [-0.2, -0.15) is 0 Å². The molecule has 1 aromatic rings. The van der Waals surface area contributed by atoms with Gasteiger partial charge in [0, 0.05) is 25.4 Å². The standard InChI is InChI=1S/C18H26N2O2/c21-18(19-16-8-2-1-3-9-16)15-7-6-11-20(13-15)14-17-10-4-5-12-22-17/h1-3,8-9,15,17H,4-7,10-14H2,(H,19,21). The molecule has 0 aromatic heterocycles. The Morgan fingerprint density at radius 1 is 1.18 bits per heavy atom. The average molecular weight is 302 g/mol. The van der Waals surface area contributed by atoms with Gasteiger partial charge in [-0.25, -0.2) is 0 Å². The highest BCUT2D eigenvalue weighted by Gasteiger charge is 2.27. The van der Waals surface area contributed by atoms with E-state index in [0.717, 1.165) is 51.2 Å². The van der Waals surface area contributed by atoms with Crippen molar-refractivity contribution < 1.29 is 9.53 Å². The van der Waals surface area contributed by atoms with E-state index in [1.54, 1.807) is 0 Å². The van der Waals surface area contributed by atoms with Crippen molar-refractivity contribution >= 4 is 11.6 Å². The molecular formula is C18H26N2O2. The first-order valence-corrected chi connectivity index (χ1v) is 8.51. The molecule has 4 heteroatoms. The maximum Gasteiger partial charge on any atom is 0.228 e. The number of piperidine rings is 1. The summed E-state index contributed by atoms with van der Waals surface area (Å²) < 4.78 is 5.83. The lowest BCUT2D eigenvalue weighted by Gasteiger charge is -2.35. The van der Waals surface area contributed by atoms with Crippen LogP contribution in [0.5, 0.6) is 0 Å². The van der Waals surface area contributed by atoms with Gasteiger partial charge in [0.05, 0.1) is 12.0 Å². The van der Waals surface area contributed by atoms with E-state index < -0.39 is 0 Å². The zero-order chi connectivity index (χ0) is 15.2. The molecule has 0 aliphatic carbocycles. The summed E-state index contributed by atoms with van der Waals surface area (Å²) in [6, 6.07) is 9.73. The van der Waals surface area contributed by atoms with Crippen molar-refractivity contribution in [2.75, 3.05) is 31.6 Å². The topological polar surface area (TPSA) is 41.6 Å². The van der Waals surface area contributed by atoms with Crippen molar-refractivity contribution in [2.45, 2.75) is 38.2 Å². The summed E-state index contributed by atoms with van der Waals surface area (Å²) in [4.78, 5) is 14.8. The molecule has 0 saturated carbocycles. The van der Waals surface area contributed by atoms with Crippen molar-refractivity contribution in [2.24, 2.45) is 5.92 Å². The maximum absolute atomic E-state index is 12.4. The van der Waals surface area contributed by atoms with E-state index in [1.807, 2.05) is 30.3 Å². The van der Waals surface area contributed by atoms with E-state index in [4.69, 9.17) is 4.74 Å². The molecule has 22 heavy (non-hydrogen) atoms. The zero-order valence-electron chi connectivity index (χ0n) is 13.2. The molecule has 1 aromatic carbocycles. The Balaban J connectivity index is 1.50. The van der Waals surface area contributed by atoms with Gasteiger partial charge in [-0.1, -0.05) is 18.2 Å². The quantitative estimate of drug-likeness (QED) is 0.930. The molecular weight excluding hydrogens is 276 g/mol. The number of carbonyl (C=O) groups is 1. The van der Waals surface area contributed by atoms with E-state index in [0.29, 0.717) is 6.10 Å². The molecule has 0 spiro atoms. The summed E-state index contributed by atoms with van der Waals surface area (Å²) in [6.07, 6.45) is 6.08. The highest BCUT2D eigenvalue weighted by Crippen LogP contribution is 2.21. The van der Waals surface area contributed by atoms with Gasteiger partial charge >= 0.3 is 0 Å². The lowest BCUT2D eigenvalue weighted by Crippen LogP contribution is -2.44. The van der Waals surface area contributed by atoms with Gasteiger partial charge in [0.2, 0.25) is 5.91 Å². The molecule has 2 aliphatic heterocycles. The van der Waals surface area contributed by atoms with Gasteiger partial charge in [-0.15, -0.1) is 0 Å². The molecule has 1 N–H and O–H groups in total. The minimum atomic E-state index is 0.0950. The summed E-state index contributed by atoms with van der Waals surface area (Å²) in [5.41, 5.74) is 0.889. The van der Waals surface area contributed by atoms with Gasteiger partial charge in [0.15, 0.2) is 0 Å². The molecule has 4 nitrogen and oxygen atoms in total. The van der Waals surface area contributed by atoms with Crippen LogP contribution in [-0.2, 0) is 9.53 Å². The first kappa shape index (κ1) is 15.5. The molecule has 1 amide bonds. The summed E-state index contributed by atoms with van der Waals surface area (Å²) in [5, 5.41) is 3.04. The minimum Gasteiger partial charge on any atom is -0.377 e. The molecule has 0 radical (unpaired) electrons. The fourth-order valence-corrected chi connectivity index (χ4v) is 3.44. The second kappa shape index (κ2) is 7.75. The van der Waals surface area contributed by atoms with Crippen LogP contribution in [-0.4, -0.2) is 43.2 Å². The van der Waals surface area contributed by atoms with Crippen LogP contribution in [0.4, 0.5) is 5.69 Å². The summed E-state index contributed by atoms with van der Waals surface area (Å²) >= 11 is 0. The van der Waals surface area contributed by atoms with E-state index in [1.165, 1.54) is 12.8 Å². The van der Waals surface area contributed by atoms with Gasteiger partial charge in [-0.3, -0.25) is 9.69 Å². The van der Waals surface area contributed by atoms with E-state index >= 15 is 0 Å². The maximum atomic E-state index is 12.4. The minimum absolute atomic E-state index is 0.0950. The number of nitrogens with one attached hydrogen (secondary N) is 1. The van der Waals surface area contributed by atoms with E-state index in [2.05, 4.69) is 10.2 Å². The molecule has 0 bridgehead atoms. The number of carbonyl (C=O) groups excluding carboxylic acids is 1. The van der Waals surface area contributed by atoms with Crippen LogP contribution < -0.4 is 5.32 Å². The number of hydrogen-bond donors (Lipinski definition) is 1. The number of ether oxygens (including phenoxy) is 1. The Bertz CT molecular complexity index is 471. The Kier molecular flexibility index (Phi) is 5.46. The number of likely N-dealkylation sites (tertiary alicyclic amines) is 1. The highest BCUT2D eigenvalue weighted by molar-refractivity contribution is 5.92. The lowest BCUT2D eigenvalue weighted by molar-refractivity contribution is -0.122. The Morgan fingerprint density at radius 2 is 2.05 bits per heavy atom. The van der Waals surface area contributed by atoms with Crippen molar-refractivity contribution in [3.8, 4) is 0 Å². The molecule has 2 fully saturated rings. The molecule has 2 atom stereocenters. The van der Waals surface area contributed by atoms with Crippen molar-refractivity contribution in [3.05, 3.63) is 30.3 Å². The van der Waals surface area contributed by atoms with Gasteiger partial charge in [-0.05, 0) is 50.8 Å². The van der Waals surface area contributed by atoms with Crippen molar-refractivity contribution in [1.82, 2.24) is 4.90 Å². The monoisotopic (exact) mass is 302 g/mol. The lowest BCUT2D eigenvalue weighted by atomic mass is 9.96. The first-order chi connectivity index (χ1) is 10.8. The fourth-order valence-electron chi connectivity index (χ4n) is 3.44. The predicted octanol–water partition coefficient (Wildman–Crippen LogP) is 2.91. The number of benzene rings is 1. The van der Waals surface area contributed by atoms with E-state index in [-0.39, 0.29) is 11.8 Å². The van der Waals surface area contributed by atoms with Gasteiger partial charge in [0.1, 0.15) is 0 Å². The van der Waals surface area contributed by atoms with Gasteiger partial charge < -0.3 is 10.1 Å². The molecule has 2 heterocycles. The SMILES string of the molecule is O=C(Nc1ccccc1)C1CCCN(CC2CCCCO2)C1. The molecule has 120 valence electrons. The van der Waals surface area contributed by atoms with Crippen molar-refractivity contribution in [1.29, 1.82) is 0 Å². The van der Waals surface area contributed by atoms with Crippen LogP contribution in [0.1, 0.15) is 32.1 Å². The van der Waals surface area contributed by atoms with Gasteiger partial charge in [0.25, 0.3) is 0 Å².